The third-order valence-corrected chi connectivity index (χ3v) is 5.79. The van der Waals surface area contributed by atoms with Gasteiger partial charge in [0.2, 0.25) is 0 Å². The smallest absolute Gasteiger partial charge is 0.142 e. The highest BCUT2D eigenvalue weighted by Gasteiger charge is 2.27. The second kappa shape index (κ2) is 8.59. The quantitative estimate of drug-likeness (QED) is 0.572. The van der Waals surface area contributed by atoms with Gasteiger partial charge in [-0.25, -0.2) is 9.97 Å². The van der Waals surface area contributed by atoms with E-state index < -0.39 is 0 Å². The maximum Gasteiger partial charge on any atom is 0.142 e. The molecule has 5 heteroatoms. The van der Waals surface area contributed by atoms with Crippen molar-refractivity contribution in [3.63, 3.8) is 0 Å². The van der Waals surface area contributed by atoms with Crippen molar-refractivity contribution in [1.29, 1.82) is 0 Å². The molecule has 0 unspecified atom stereocenters. The molecular formula is C22H31BrN4. The number of hydrogen-bond acceptors (Lipinski definition) is 4. The topological polar surface area (TPSA) is 32.3 Å². The van der Waals surface area contributed by atoms with Crippen LogP contribution in [0.2, 0.25) is 0 Å². The second-order valence-electron chi connectivity index (χ2n) is 7.47. The minimum Gasteiger partial charge on any atom is -0.356 e. The number of rotatable bonds is 6. The van der Waals surface area contributed by atoms with Gasteiger partial charge >= 0.3 is 0 Å². The summed E-state index contributed by atoms with van der Waals surface area (Å²) in [7, 11) is 0. The lowest BCUT2D eigenvalue weighted by Crippen LogP contribution is -2.32. The summed E-state index contributed by atoms with van der Waals surface area (Å²) in [5.41, 5.74) is 5.17. The summed E-state index contributed by atoms with van der Waals surface area (Å²) in [5, 5.41) is 0. The number of fused-ring (bicyclic) bond motifs is 1. The maximum absolute atomic E-state index is 4.91. The fourth-order valence-electron chi connectivity index (χ4n) is 4.10. The summed E-state index contributed by atoms with van der Waals surface area (Å²) >= 11 is 3.63. The number of hydrogen-bond donors (Lipinski definition) is 0. The lowest BCUT2D eigenvalue weighted by atomic mass is 10.0. The largest absolute Gasteiger partial charge is 0.356 e. The Morgan fingerprint density at radius 3 is 2.44 bits per heavy atom. The van der Waals surface area contributed by atoms with Gasteiger partial charge in [-0.3, -0.25) is 0 Å². The molecule has 27 heavy (non-hydrogen) atoms. The highest BCUT2D eigenvalue weighted by atomic mass is 79.9. The van der Waals surface area contributed by atoms with Gasteiger partial charge in [0, 0.05) is 35.4 Å². The third kappa shape index (κ3) is 4.13. The minimum atomic E-state index is 0.859. The van der Waals surface area contributed by atoms with Crippen molar-refractivity contribution in [2.24, 2.45) is 0 Å². The van der Waals surface area contributed by atoms with Gasteiger partial charge in [-0.1, -0.05) is 29.3 Å². The molecule has 0 atom stereocenters. The Morgan fingerprint density at radius 2 is 1.81 bits per heavy atom. The molecule has 1 aromatic carbocycles. The summed E-state index contributed by atoms with van der Waals surface area (Å²) in [6, 6.07) is 4.40. The van der Waals surface area contributed by atoms with E-state index in [1.807, 2.05) is 6.92 Å². The number of anilines is 3. The molecule has 0 fully saturated rings. The Labute approximate surface area is 172 Å². The van der Waals surface area contributed by atoms with Crippen molar-refractivity contribution in [2.45, 2.75) is 60.3 Å². The first-order valence-electron chi connectivity index (χ1n) is 10.1. The third-order valence-electron chi connectivity index (χ3n) is 5.33. The van der Waals surface area contributed by atoms with E-state index in [9.17, 15) is 0 Å². The van der Waals surface area contributed by atoms with Gasteiger partial charge in [-0.2, -0.15) is 0 Å². The van der Waals surface area contributed by atoms with E-state index in [0.29, 0.717) is 0 Å². The molecule has 1 aliphatic heterocycles. The summed E-state index contributed by atoms with van der Waals surface area (Å²) in [4.78, 5) is 14.6. The average molecular weight is 431 g/mol. The maximum atomic E-state index is 4.91. The number of halogens is 1. The Kier molecular flexibility index (Phi) is 6.40. The highest BCUT2D eigenvalue weighted by molar-refractivity contribution is 9.10. The van der Waals surface area contributed by atoms with Crippen LogP contribution in [-0.4, -0.2) is 29.6 Å². The molecule has 0 aliphatic carbocycles. The first-order chi connectivity index (χ1) is 13.0. The van der Waals surface area contributed by atoms with Crippen molar-refractivity contribution >= 4 is 33.3 Å². The predicted octanol–water partition coefficient (Wildman–Crippen LogP) is 5.88. The van der Waals surface area contributed by atoms with Gasteiger partial charge in [0.25, 0.3) is 0 Å². The van der Waals surface area contributed by atoms with Crippen molar-refractivity contribution in [3.8, 4) is 0 Å². The van der Waals surface area contributed by atoms with Gasteiger partial charge in [0.1, 0.15) is 17.5 Å². The van der Waals surface area contributed by atoms with E-state index in [2.05, 4.69) is 65.6 Å². The van der Waals surface area contributed by atoms with Crippen molar-refractivity contribution < 1.29 is 0 Å². The van der Waals surface area contributed by atoms with Crippen LogP contribution in [0.15, 0.2) is 16.6 Å². The van der Waals surface area contributed by atoms with Crippen molar-refractivity contribution in [3.05, 3.63) is 39.1 Å². The number of benzene rings is 1. The fraction of sp³-hybridized carbons (Fsp3) is 0.545. The van der Waals surface area contributed by atoms with Gasteiger partial charge in [0.05, 0.1) is 0 Å². The first kappa shape index (κ1) is 20.1. The molecule has 3 rings (SSSR count). The van der Waals surface area contributed by atoms with Crippen LogP contribution < -0.4 is 9.80 Å². The van der Waals surface area contributed by atoms with Crippen LogP contribution >= 0.6 is 15.9 Å². The molecule has 0 saturated heterocycles. The van der Waals surface area contributed by atoms with E-state index in [4.69, 9.17) is 9.97 Å². The van der Waals surface area contributed by atoms with E-state index >= 15 is 0 Å². The van der Waals surface area contributed by atoms with Crippen molar-refractivity contribution in [2.75, 3.05) is 29.4 Å². The molecule has 146 valence electrons. The van der Waals surface area contributed by atoms with Crippen LogP contribution in [-0.2, 0) is 6.42 Å². The predicted molar refractivity (Wildman–Crippen MR) is 119 cm³/mol. The van der Waals surface area contributed by atoms with Crippen LogP contribution in [0.5, 0.6) is 0 Å². The van der Waals surface area contributed by atoms with E-state index in [1.54, 1.807) is 0 Å². The summed E-state index contributed by atoms with van der Waals surface area (Å²) in [5.74, 6) is 3.11. The Hall–Kier alpha value is -1.62. The molecule has 0 spiro atoms. The fourth-order valence-corrected chi connectivity index (χ4v) is 4.79. The Morgan fingerprint density at radius 1 is 1.11 bits per heavy atom. The van der Waals surface area contributed by atoms with Crippen LogP contribution in [0.25, 0.3) is 0 Å². The zero-order valence-corrected chi connectivity index (χ0v) is 18.9. The van der Waals surface area contributed by atoms with Gasteiger partial charge in [-0.05, 0) is 70.2 Å². The average Bonchev–Trinajstić information content (AvgIpc) is 2.61. The summed E-state index contributed by atoms with van der Waals surface area (Å²) in [6.45, 7) is 13.9. The van der Waals surface area contributed by atoms with Gasteiger partial charge in [-0.15, -0.1) is 0 Å². The van der Waals surface area contributed by atoms with Crippen molar-refractivity contribution in [1.82, 2.24) is 9.97 Å². The number of aryl methyl sites for hydroxylation is 3. The van der Waals surface area contributed by atoms with E-state index in [1.165, 1.54) is 35.2 Å². The molecule has 0 N–H and O–H groups in total. The standard InChI is InChI=1S/C22H31BrN4/c1-6-8-11-26(7-2)21-19-10-9-12-27(22(19)25-17(5)24-21)20-15(3)13-18(23)14-16(20)4/h13-14H,6-12H2,1-5H3. The molecule has 2 aromatic rings. The molecule has 0 radical (unpaired) electrons. The van der Waals surface area contributed by atoms with E-state index in [0.717, 1.165) is 54.4 Å². The monoisotopic (exact) mass is 430 g/mol. The Balaban J connectivity index is 2.11. The molecule has 0 saturated carbocycles. The zero-order valence-electron chi connectivity index (χ0n) is 17.3. The van der Waals surface area contributed by atoms with Gasteiger partial charge in [0.15, 0.2) is 0 Å². The number of aromatic nitrogens is 2. The SMILES string of the molecule is CCCCN(CC)c1nc(C)nc2c1CCCN2c1c(C)cc(Br)cc1C. The number of unbranched alkanes of at least 4 members (excludes halogenated alkanes) is 1. The van der Waals surface area contributed by atoms with Crippen LogP contribution in [0, 0.1) is 20.8 Å². The number of nitrogens with zero attached hydrogens (tertiary/aromatic N) is 4. The summed E-state index contributed by atoms with van der Waals surface area (Å²) < 4.78 is 1.13. The molecule has 1 aromatic heterocycles. The zero-order chi connectivity index (χ0) is 19.6. The molecule has 2 heterocycles. The normalized spacial score (nSPS) is 13.6. The molecular weight excluding hydrogens is 400 g/mol. The highest BCUT2D eigenvalue weighted by Crippen LogP contribution is 2.40. The van der Waals surface area contributed by atoms with Crippen LogP contribution in [0.3, 0.4) is 0 Å². The first-order valence-corrected chi connectivity index (χ1v) is 10.9. The van der Waals surface area contributed by atoms with Crippen LogP contribution in [0.4, 0.5) is 17.3 Å². The molecule has 0 bridgehead atoms. The van der Waals surface area contributed by atoms with E-state index in [-0.39, 0.29) is 0 Å². The lowest BCUT2D eigenvalue weighted by molar-refractivity contribution is 0.694. The molecule has 4 nitrogen and oxygen atoms in total. The Bertz CT molecular complexity index is 795. The van der Waals surface area contributed by atoms with Crippen LogP contribution in [0.1, 0.15) is 55.6 Å². The lowest BCUT2D eigenvalue weighted by Gasteiger charge is -2.35. The second-order valence-corrected chi connectivity index (χ2v) is 8.39. The van der Waals surface area contributed by atoms with Gasteiger partial charge < -0.3 is 9.80 Å². The molecule has 1 aliphatic rings. The minimum absolute atomic E-state index is 0.859. The molecule has 0 amide bonds. The summed E-state index contributed by atoms with van der Waals surface area (Å²) in [6.07, 6.45) is 4.58.